The molecule has 4 heteroatoms. The fourth-order valence-corrected chi connectivity index (χ4v) is 3.84. The Labute approximate surface area is 126 Å². The number of rotatable bonds is 4. The van der Waals surface area contributed by atoms with E-state index in [1.165, 1.54) is 0 Å². The van der Waals surface area contributed by atoms with Crippen molar-refractivity contribution in [3.8, 4) is 0 Å². The topological polar surface area (TPSA) is 35.5 Å². The van der Waals surface area contributed by atoms with Gasteiger partial charge in [0.15, 0.2) is 5.76 Å². The third-order valence-electron chi connectivity index (χ3n) is 4.51. The van der Waals surface area contributed by atoms with Crippen molar-refractivity contribution in [3.63, 3.8) is 0 Å². The van der Waals surface area contributed by atoms with E-state index in [0.29, 0.717) is 11.5 Å². The van der Waals surface area contributed by atoms with Crippen molar-refractivity contribution >= 4 is 17.4 Å². The number of ether oxygens (including phenoxy) is 2. The average Bonchev–Trinajstić information content (AvgIpc) is 2.65. The Bertz CT molecular complexity index is 455. The van der Waals surface area contributed by atoms with E-state index in [1.807, 2.05) is 34.6 Å². The van der Waals surface area contributed by atoms with Crippen molar-refractivity contribution < 1.29 is 14.3 Å². The van der Waals surface area contributed by atoms with Crippen LogP contribution in [0.5, 0.6) is 0 Å². The molecule has 3 nitrogen and oxygen atoms in total. The van der Waals surface area contributed by atoms with Crippen LogP contribution < -0.4 is 0 Å². The Hall–Kier alpha value is -0.700. The largest absolute Gasteiger partial charge is 0.489 e. The maximum atomic E-state index is 12.8. The molecule has 0 aromatic rings. The van der Waals surface area contributed by atoms with Gasteiger partial charge in [0, 0.05) is 0 Å². The lowest BCUT2D eigenvalue weighted by Crippen LogP contribution is -2.43. The molecule has 114 valence electrons. The van der Waals surface area contributed by atoms with E-state index in [9.17, 15) is 4.79 Å². The van der Waals surface area contributed by atoms with E-state index in [4.69, 9.17) is 21.1 Å². The van der Waals surface area contributed by atoms with Gasteiger partial charge in [-0.1, -0.05) is 6.92 Å². The van der Waals surface area contributed by atoms with E-state index in [1.54, 1.807) is 0 Å². The number of Topliss-reactive ketones (excluding diaryl/α,β-unsaturated/α-hetero) is 1. The van der Waals surface area contributed by atoms with E-state index >= 15 is 0 Å². The summed E-state index contributed by atoms with van der Waals surface area (Å²) in [7, 11) is 0. The second-order valence-corrected chi connectivity index (χ2v) is 7.40. The quantitative estimate of drug-likeness (QED) is 0.735. The van der Waals surface area contributed by atoms with Gasteiger partial charge in [-0.05, 0) is 53.4 Å². The van der Waals surface area contributed by atoms with Crippen LogP contribution in [0.25, 0.3) is 0 Å². The highest BCUT2D eigenvalue weighted by Gasteiger charge is 2.69. The standard InChI is InChI=1S/C16H25ClO3/c1-9(2)19-12-13(18)15(6)8-7-11(5)16(15,17)14(12)20-10(3)4/h9-11H,7-8H2,1-6H3/t11-,15-,16-/m0/s1. The molecule has 0 aromatic heterocycles. The molecular weight excluding hydrogens is 276 g/mol. The van der Waals surface area contributed by atoms with Crippen molar-refractivity contribution in [1.82, 2.24) is 0 Å². The number of allylic oxidation sites excluding steroid dienone is 2. The molecule has 0 amide bonds. The van der Waals surface area contributed by atoms with Crippen LogP contribution in [0.3, 0.4) is 0 Å². The Morgan fingerprint density at radius 3 is 2.25 bits per heavy atom. The van der Waals surface area contributed by atoms with Gasteiger partial charge in [-0.25, -0.2) is 0 Å². The van der Waals surface area contributed by atoms with Crippen molar-refractivity contribution in [2.45, 2.75) is 71.5 Å². The number of hydrogen-bond acceptors (Lipinski definition) is 3. The van der Waals surface area contributed by atoms with Crippen LogP contribution in [-0.4, -0.2) is 22.9 Å². The highest BCUT2D eigenvalue weighted by atomic mass is 35.5. The third-order valence-corrected chi connectivity index (χ3v) is 5.47. The molecule has 0 heterocycles. The molecule has 1 saturated carbocycles. The summed E-state index contributed by atoms with van der Waals surface area (Å²) in [4.78, 5) is 12.1. The molecule has 0 spiro atoms. The van der Waals surface area contributed by atoms with Crippen LogP contribution in [0.1, 0.15) is 54.4 Å². The zero-order chi connectivity index (χ0) is 15.3. The Balaban J connectivity index is 2.55. The average molecular weight is 301 g/mol. The summed E-state index contributed by atoms with van der Waals surface area (Å²) in [6, 6.07) is 0. The Morgan fingerprint density at radius 2 is 1.75 bits per heavy atom. The number of fused-ring (bicyclic) bond motifs is 1. The summed E-state index contributed by atoms with van der Waals surface area (Å²) < 4.78 is 11.7. The Morgan fingerprint density at radius 1 is 1.20 bits per heavy atom. The van der Waals surface area contributed by atoms with Gasteiger partial charge in [0.2, 0.25) is 11.5 Å². The van der Waals surface area contributed by atoms with Crippen LogP contribution in [0.15, 0.2) is 11.5 Å². The molecule has 2 aliphatic carbocycles. The van der Waals surface area contributed by atoms with Crippen LogP contribution in [-0.2, 0) is 14.3 Å². The number of hydrogen-bond donors (Lipinski definition) is 0. The smallest absolute Gasteiger partial charge is 0.209 e. The minimum absolute atomic E-state index is 0.00111. The molecule has 2 rings (SSSR count). The van der Waals surface area contributed by atoms with E-state index < -0.39 is 10.3 Å². The first-order chi connectivity index (χ1) is 9.14. The third kappa shape index (κ3) is 1.97. The molecule has 0 radical (unpaired) electrons. The minimum Gasteiger partial charge on any atom is -0.489 e. The van der Waals surface area contributed by atoms with Gasteiger partial charge in [-0.2, -0.15) is 0 Å². The first kappa shape index (κ1) is 15.7. The van der Waals surface area contributed by atoms with Gasteiger partial charge in [-0.3, -0.25) is 4.79 Å². The maximum Gasteiger partial charge on any atom is 0.209 e. The predicted molar refractivity (Wildman–Crippen MR) is 79.6 cm³/mol. The van der Waals surface area contributed by atoms with Crippen molar-refractivity contribution in [2.24, 2.45) is 11.3 Å². The number of carbonyl (C=O) groups excluding carboxylic acids is 1. The second-order valence-electron chi connectivity index (χ2n) is 6.80. The molecule has 1 fully saturated rings. The first-order valence-corrected chi connectivity index (χ1v) is 7.84. The van der Waals surface area contributed by atoms with Crippen LogP contribution >= 0.6 is 11.6 Å². The summed E-state index contributed by atoms with van der Waals surface area (Å²) in [6.07, 6.45) is 1.62. The van der Waals surface area contributed by atoms with Gasteiger partial charge in [0.1, 0.15) is 4.87 Å². The lowest BCUT2D eigenvalue weighted by Gasteiger charge is -2.35. The monoisotopic (exact) mass is 300 g/mol. The van der Waals surface area contributed by atoms with Gasteiger partial charge in [-0.15, -0.1) is 11.6 Å². The number of alkyl halides is 1. The fourth-order valence-electron chi connectivity index (χ4n) is 3.42. The number of halogens is 1. The van der Waals surface area contributed by atoms with E-state index in [2.05, 4.69) is 6.92 Å². The number of ketones is 1. The minimum atomic E-state index is -0.765. The molecule has 0 aliphatic heterocycles. The van der Waals surface area contributed by atoms with Crippen molar-refractivity contribution in [1.29, 1.82) is 0 Å². The molecule has 2 aliphatic rings. The highest BCUT2D eigenvalue weighted by molar-refractivity contribution is 6.31. The molecule has 0 bridgehead atoms. The summed E-state index contributed by atoms with van der Waals surface area (Å²) in [6.45, 7) is 11.8. The molecule has 0 saturated heterocycles. The summed E-state index contributed by atoms with van der Waals surface area (Å²) in [5.41, 5.74) is -0.609. The fraction of sp³-hybridized carbons (Fsp3) is 0.812. The maximum absolute atomic E-state index is 12.8. The second kappa shape index (κ2) is 4.94. The predicted octanol–water partition coefficient (Wildman–Crippen LogP) is 4.04. The Kier molecular flexibility index (Phi) is 3.87. The SMILES string of the molecule is CC(C)OC1=C(OC(C)C)[C@@]2(Cl)[C@@H](C)CC[C@@]2(C)C1=O. The number of carbonyl (C=O) groups is 1. The normalized spacial score (nSPS) is 37.0. The molecule has 0 aromatic carbocycles. The van der Waals surface area contributed by atoms with Crippen LogP contribution in [0, 0.1) is 11.3 Å². The molecule has 20 heavy (non-hydrogen) atoms. The van der Waals surface area contributed by atoms with E-state index in [0.717, 1.165) is 12.8 Å². The molecule has 0 N–H and O–H groups in total. The molecule has 0 unspecified atom stereocenters. The summed E-state index contributed by atoms with van der Waals surface area (Å²) in [5.74, 6) is 1.10. The van der Waals surface area contributed by atoms with Gasteiger partial charge < -0.3 is 9.47 Å². The summed E-state index contributed by atoms with van der Waals surface area (Å²) >= 11 is 6.96. The zero-order valence-electron chi connectivity index (χ0n) is 13.2. The van der Waals surface area contributed by atoms with Gasteiger partial charge >= 0.3 is 0 Å². The van der Waals surface area contributed by atoms with Gasteiger partial charge in [0.25, 0.3) is 0 Å². The lowest BCUT2D eigenvalue weighted by molar-refractivity contribution is -0.127. The van der Waals surface area contributed by atoms with Gasteiger partial charge in [0.05, 0.1) is 17.6 Å². The van der Waals surface area contributed by atoms with Crippen LogP contribution in [0.2, 0.25) is 0 Å². The lowest BCUT2D eigenvalue weighted by atomic mass is 9.77. The first-order valence-electron chi connectivity index (χ1n) is 7.46. The summed E-state index contributed by atoms with van der Waals surface area (Å²) in [5, 5.41) is 0. The van der Waals surface area contributed by atoms with Crippen molar-refractivity contribution in [3.05, 3.63) is 11.5 Å². The van der Waals surface area contributed by atoms with Crippen molar-refractivity contribution in [2.75, 3.05) is 0 Å². The molecular formula is C16H25ClO3. The van der Waals surface area contributed by atoms with E-state index in [-0.39, 0.29) is 23.9 Å². The van der Waals surface area contributed by atoms with Crippen LogP contribution in [0.4, 0.5) is 0 Å². The zero-order valence-corrected chi connectivity index (χ0v) is 14.0. The highest BCUT2D eigenvalue weighted by Crippen LogP contribution is 2.63. The molecule has 3 atom stereocenters.